The summed E-state index contributed by atoms with van der Waals surface area (Å²) in [4.78, 5) is 19.2. The Labute approximate surface area is 165 Å². The minimum atomic E-state index is -1.13. The van der Waals surface area contributed by atoms with E-state index in [1.165, 1.54) is 12.3 Å². The van der Waals surface area contributed by atoms with E-state index < -0.39 is 5.97 Å². The van der Waals surface area contributed by atoms with Gasteiger partial charge in [0.15, 0.2) is 11.3 Å². The van der Waals surface area contributed by atoms with Gasteiger partial charge >= 0.3 is 5.97 Å². The van der Waals surface area contributed by atoms with Crippen molar-refractivity contribution in [3.63, 3.8) is 0 Å². The number of oxazole rings is 1. The van der Waals surface area contributed by atoms with Gasteiger partial charge in [0.1, 0.15) is 17.0 Å². The lowest BCUT2D eigenvalue weighted by Gasteiger charge is -2.14. The maximum Gasteiger partial charge on any atom is 0.354 e. The van der Waals surface area contributed by atoms with Gasteiger partial charge in [-0.15, -0.1) is 0 Å². The molecule has 2 aromatic carbocycles. The number of nitrogens with one attached hydrogen (secondary N) is 1. The van der Waals surface area contributed by atoms with E-state index in [9.17, 15) is 9.90 Å². The van der Waals surface area contributed by atoms with Crippen molar-refractivity contribution < 1.29 is 24.2 Å². The molecule has 4 rings (SSSR count). The van der Waals surface area contributed by atoms with Crippen molar-refractivity contribution in [1.29, 1.82) is 0 Å². The van der Waals surface area contributed by atoms with Gasteiger partial charge in [0.05, 0.1) is 12.6 Å². The summed E-state index contributed by atoms with van der Waals surface area (Å²) in [5.74, 6) is -0.322. The molecular formula is C21H17N3O5. The fourth-order valence-corrected chi connectivity index (χ4v) is 2.83. The minimum Gasteiger partial charge on any atom is -0.477 e. The summed E-state index contributed by atoms with van der Waals surface area (Å²) in [7, 11) is 0. The zero-order valence-corrected chi connectivity index (χ0v) is 15.1. The van der Waals surface area contributed by atoms with Crippen LogP contribution in [0.3, 0.4) is 0 Å². The van der Waals surface area contributed by atoms with E-state index in [2.05, 4.69) is 15.3 Å². The van der Waals surface area contributed by atoms with Crippen LogP contribution >= 0.6 is 0 Å². The number of aliphatic hydroxyl groups excluding tert-OH is 1. The first kappa shape index (κ1) is 18.5. The van der Waals surface area contributed by atoms with Crippen LogP contribution in [0.15, 0.2) is 71.3 Å². The second kappa shape index (κ2) is 7.99. The standard InChI is InChI=1S/C21H17N3O5/c25-12-18(13-4-2-1-3-5-13)24-21-23-16-7-6-14(11-19(16)29-21)28-15-8-9-22-17(10-15)20(26)27/h1-11,18,25H,12H2,(H,23,24)(H,26,27)/t18-/m1/s1. The van der Waals surface area contributed by atoms with Crippen LogP contribution in [0.4, 0.5) is 6.01 Å². The first-order chi connectivity index (χ1) is 14.1. The summed E-state index contributed by atoms with van der Waals surface area (Å²) in [5, 5.41) is 21.8. The average Bonchev–Trinajstić information content (AvgIpc) is 3.14. The topological polar surface area (TPSA) is 118 Å². The Bertz CT molecular complexity index is 1140. The quantitative estimate of drug-likeness (QED) is 0.435. The lowest BCUT2D eigenvalue weighted by molar-refractivity contribution is 0.0690. The molecule has 0 spiro atoms. The number of ether oxygens (including phenoxy) is 1. The predicted molar refractivity (Wildman–Crippen MR) is 105 cm³/mol. The molecule has 0 radical (unpaired) electrons. The Morgan fingerprint density at radius 2 is 1.90 bits per heavy atom. The zero-order chi connectivity index (χ0) is 20.2. The van der Waals surface area contributed by atoms with E-state index in [0.29, 0.717) is 22.6 Å². The SMILES string of the molecule is O=C(O)c1cc(Oc2ccc3nc(N[C@H](CO)c4ccccc4)oc3c2)ccn1. The van der Waals surface area contributed by atoms with Crippen molar-refractivity contribution in [2.75, 3.05) is 11.9 Å². The highest BCUT2D eigenvalue weighted by Gasteiger charge is 2.14. The highest BCUT2D eigenvalue weighted by atomic mass is 16.5. The number of nitrogens with zero attached hydrogens (tertiary/aromatic N) is 2. The van der Waals surface area contributed by atoms with Crippen molar-refractivity contribution in [2.45, 2.75) is 6.04 Å². The van der Waals surface area contributed by atoms with Gasteiger partial charge in [0.25, 0.3) is 6.01 Å². The summed E-state index contributed by atoms with van der Waals surface area (Å²) in [5.41, 5.74) is 1.91. The number of hydrogen-bond donors (Lipinski definition) is 3. The summed E-state index contributed by atoms with van der Waals surface area (Å²) in [6.45, 7) is -0.120. The van der Waals surface area contributed by atoms with Crippen molar-refractivity contribution in [3.8, 4) is 11.5 Å². The third-order valence-electron chi connectivity index (χ3n) is 4.23. The number of aliphatic hydroxyl groups is 1. The molecule has 3 N–H and O–H groups in total. The summed E-state index contributed by atoms with van der Waals surface area (Å²) in [6, 6.07) is 17.4. The first-order valence-electron chi connectivity index (χ1n) is 8.82. The molecular weight excluding hydrogens is 374 g/mol. The maximum absolute atomic E-state index is 11.0. The van der Waals surface area contributed by atoms with Crippen molar-refractivity contribution in [2.24, 2.45) is 0 Å². The number of pyridine rings is 1. The van der Waals surface area contributed by atoms with E-state index >= 15 is 0 Å². The molecule has 0 aliphatic rings. The second-order valence-corrected chi connectivity index (χ2v) is 6.22. The van der Waals surface area contributed by atoms with Gasteiger partial charge in [0.2, 0.25) is 0 Å². The number of hydrogen-bond acceptors (Lipinski definition) is 7. The molecule has 0 bridgehead atoms. The highest BCUT2D eigenvalue weighted by molar-refractivity contribution is 5.85. The Hall–Kier alpha value is -3.91. The molecule has 2 aromatic heterocycles. The molecule has 29 heavy (non-hydrogen) atoms. The third-order valence-corrected chi connectivity index (χ3v) is 4.23. The molecule has 2 heterocycles. The maximum atomic E-state index is 11.0. The molecule has 146 valence electrons. The number of carbonyl (C=O) groups is 1. The van der Waals surface area contributed by atoms with E-state index in [1.807, 2.05) is 30.3 Å². The summed E-state index contributed by atoms with van der Waals surface area (Å²) < 4.78 is 11.4. The molecule has 0 fully saturated rings. The van der Waals surface area contributed by atoms with Crippen molar-refractivity contribution >= 4 is 23.1 Å². The average molecular weight is 391 g/mol. The fraction of sp³-hybridized carbons (Fsp3) is 0.0952. The number of aromatic carboxylic acids is 1. The van der Waals surface area contributed by atoms with Gasteiger partial charge in [-0.25, -0.2) is 9.78 Å². The molecule has 8 nitrogen and oxygen atoms in total. The molecule has 1 atom stereocenters. The van der Waals surface area contributed by atoms with Crippen LogP contribution in [0.5, 0.6) is 11.5 Å². The number of carboxylic acids is 1. The molecule has 0 saturated carbocycles. The third kappa shape index (κ3) is 4.17. The normalized spacial score (nSPS) is 11.9. The molecule has 8 heteroatoms. The van der Waals surface area contributed by atoms with Crippen LogP contribution in [-0.2, 0) is 0 Å². The van der Waals surface area contributed by atoms with E-state index in [4.69, 9.17) is 14.3 Å². The molecule has 0 aliphatic carbocycles. The Balaban J connectivity index is 1.54. The van der Waals surface area contributed by atoms with Gasteiger partial charge < -0.3 is 24.7 Å². The number of carboxylic acid groups (broad SMARTS) is 1. The predicted octanol–water partition coefficient (Wildman–Crippen LogP) is 3.86. The van der Waals surface area contributed by atoms with Gasteiger partial charge in [-0.1, -0.05) is 30.3 Å². The number of fused-ring (bicyclic) bond motifs is 1. The summed E-state index contributed by atoms with van der Waals surface area (Å²) >= 11 is 0. The van der Waals surface area contributed by atoms with Crippen molar-refractivity contribution in [1.82, 2.24) is 9.97 Å². The molecule has 0 amide bonds. The van der Waals surface area contributed by atoms with Gasteiger partial charge in [-0.05, 0) is 23.8 Å². The largest absolute Gasteiger partial charge is 0.477 e. The van der Waals surface area contributed by atoms with E-state index in [1.54, 1.807) is 24.3 Å². The number of rotatable bonds is 7. The Morgan fingerprint density at radius 3 is 2.66 bits per heavy atom. The fourth-order valence-electron chi connectivity index (χ4n) is 2.83. The van der Waals surface area contributed by atoms with Crippen LogP contribution in [0.1, 0.15) is 22.1 Å². The molecule has 4 aromatic rings. The first-order valence-corrected chi connectivity index (χ1v) is 8.82. The monoisotopic (exact) mass is 391 g/mol. The summed E-state index contributed by atoms with van der Waals surface area (Å²) in [6.07, 6.45) is 1.37. The molecule has 0 saturated heterocycles. The molecule has 0 aliphatic heterocycles. The lowest BCUT2D eigenvalue weighted by Crippen LogP contribution is -2.14. The van der Waals surface area contributed by atoms with Crippen LogP contribution in [0.25, 0.3) is 11.1 Å². The number of aromatic nitrogens is 2. The van der Waals surface area contributed by atoms with Gasteiger partial charge in [0, 0.05) is 18.3 Å². The number of anilines is 1. The van der Waals surface area contributed by atoms with Crippen LogP contribution in [0.2, 0.25) is 0 Å². The Morgan fingerprint density at radius 1 is 1.10 bits per heavy atom. The highest BCUT2D eigenvalue weighted by Crippen LogP contribution is 2.29. The zero-order valence-electron chi connectivity index (χ0n) is 15.1. The van der Waals surface area contributed by atoms with Gasteiger partial charge in [-0.3, -0.25) is 0 Å². The van der Waals surface area contributed by atoms with E-state index in [-0.39, 0.29) is 24.4 Å². The van der Waals surface area contributed by atoms with Crippen molar-refractivity contribution in [3.05, 3.63) is 78.1 Å². The second-order valence-electron chi connectivity index (χ2n) is 6.22. The van der Waals surface area contributed by atoms with Gasteiger partial charge in [-0.2, -0.15) is 4.98 Å². The Kier molecular flexibility index (Phi) is 5.08. The smallest absolute Gasteiger partial charge is 0.354 e. The number of benzene rings is 2. The molecule has 0 unspecified atom stereocenters. The minimum absolute atomic E-state index is 0.106. The van der Waals surface area contributed by atoms with Crippen LogP contribution in [0, 0.1) is 0 Å². The van der Waals surface area contributed by atoms with Crippen LogP contribution < -0.4 is 10.1 Å². The van der Waals surface area contributed by atoms with E-state index in [0.717, 1.165) is 5.56 Å². The van der Waals surface area contributed by atoms with Crippen LogP contribution in [-0.4, -0.2) is 32.8 Å². The lowest BCUT2D eigenvalue weighted by atomic mass is 10.1.